The summed E-state index contributed by atoms with van der Waals surface area (Å²) in [6, 6.07) is 11.1. The fourth-order valence-corrected chi connectivity index (χ4v) is 5.18. The number of amides is 1. The number of benzene rings is 1. The monoisotopic (exact) mass is 589 g/mol. The van der Waals surface area contributed by atoms with E-state index in [-0.39, 0.29) is 11.9 Å². The van der Waals surface area contributed by atoms with E-state index >= 15 is 0 Å². The van der Waals surface area contributed by atoms with Gasteiger partial charge in [-0.1, -0.05) is 6.92 Å². The lowest BCUT2D eigenvalue weighted by Gasteiger charge is -2.37. The van der Waals surface area contributed by atoms with Crippen LogP contribution in [0.25, 0.3) is 28.3 Å². The number of nitrogen functional groups attached to an aromatic ring is 1. The lowest BCUT2D eigenvalue weighted by atomic mass is 10.1. The number of aromatic nitrogens is 6. The van der Waals surface area contributed by atoms with Gasteiger partial charge in [0.2, 0.25) is 17.7 Å². The zero-order valence-corrected chi connectivity index (χ0v) is 24.3. The summed E-state index contributed by atoms with van der Waals surface area (Å²) in [5, 5.41) is 9.73. The van der Waals surface area contributed by atoms with Crippen LogP contribution in [0.4, 0.5) is 11.6 Å². The molecule has 43 heavy (non-hydrogen) atoms. The molecule has 226 valence electrons. The molecule has 14 nitrogen and oxygen atoms in total. The molecule has 1 unspecified atom stereocenters. The SMILES string of the molecule is CCC(C(=O)N1CCN(c2ccc(OCCOCCOC)cc2)CC1)n1cc2c(nc(N)n3nc(-c4ccco4)nc23)n1. The number of hydrogen-bond donors (Lipinski definition) is 1. The maximum atomic E-state index is 13.7. The van der Waals surface area contributed by atoms with E-state index in [1.54, 1.807) is 36.4 Å². The van der Waals surface area contributed by atoms with Crippen molar-refractivity contribution in [3.8, 4) is 17.3 Å². The average Bonchev–Trinajstić information content (AvgIpc) is 3.80. The molecule has 1 aliphatic heterocycles. The van der Waals surface area contributed by atoms with Gasteiger partial charge in [0.1, 0.15) is 18.4 Å². The predicted octanol–water partition coefficient (Wildman–Crippen LogP) is 2.66. The molecule has 14 heteroatoms. The number of hydrogen-bond acceptors (Lipinski definition) is 11. The topological polar surface area (TPSA) is 151 Å². The van der Waals surface area contributed by atoms with Crippen LogP contribution >= 0.6 is 0 Å². The van der Waals surface area contributed by atoms with E-state index in [1.165, 1.54) is 4.52 Å². The Bertz CT molecular complexity index is 1660. The zero-order chi connectivity index (χ0) is 29.8. The van der Waals surface area contributed by atoms with Crippen molar-refractivity contribution in [2.45, 2.75) is 19.4 Å². The van der Waals surface area contributed by atoms with Gasteiger partial charge in [0.05, 0.1) is 31.5 Å². The van der Waals surface area contributed by atoms with Crippen molar-refractivity contribution in [1.29, 1.82) is 0 Å². The Balaban J connectivity index is 1.09. The highest BCUT2D eigenvalue weighted by atomic mass is 16.5. The molecule has 0 saturated carbocycles. The fourth-order valence-electron chi connectivity index (χ4n) is 5.18. The number of furan rings is 1. The molecule has 5 aromatic rings. The Morgan fingerprint density at radius 3 is 2.53 bits per heavy atom. The lowest BCUT2D eigenvalue weighted by molar-refractivity contribution is -0.135. The molecule has 1 aromatic carbocycles. The van der Waals surface area contributed by atoms with Crippen LogP contribution in [0, 0.1) is 0 Å². The van der Waals surface area contributed by atoms with E-state index in [9.17, 15) is 4.79 Å². The number of rotatable bonds is 12. The minimum atomic E-state index is -0.482. The first-order valence-corrected chi connectivity index (χ1v) is 14.3. The molecule has 6 rings (SSSR count). The van der Waals surface area contributed by atoms with E-state index in [1.807, 2.05) is 36.1 Å². The molecule has 4 aromatic heterocycles. The van der Waals surface area contributed by atoms with Gasteiger partial charge in [-0.15, -0.1) is 5.10 Å². The van der Waals surface area contributed by atoms with Gasteiger partial charge in [-0.2, -0.15) is 14.6 Å². The van der Waals surface area contributed by atoms with E-state index in [2.05, 4.69) is 25.1 Å². The van der Waals surface area contributed by atoms with Crippen LogP contribution < -0.4 is 15.4 Å². The fraction of sp³-hybridized carbons (Fsp3) is 0.414. The van der Waals surface area contributed by atoms with Crippen molar-refractivity contribution in [1.82, 2.24) is 34.3 Å². The van der Waals surface area contributed by atoms with Gasteiger partial charge in [-0.3, -0.25) is 9.48 Å². The number of nitrogens with zero attached hydrogens (tertiary/aromatic N) is 8. The van der Waals surface area contributed by atoms with Gasteiger partial charge in [0, 0.05) is 45.2 Å². The van der Waals surface area contributed by atoms with E-state index in [0.29, 0.717) is 74.2 Å². The molecule has 0 bridgehead atoms. The van der Waals surface area contributed by atoms with Gasteiger partial charge in [-0.25, -0.2) is 4.98 Å². The summed E-state index contributed by atoms with van der Waals surface area (Å²) in [4.78, 5) is 26.9. The highest BCUT2D eigenvalue weighted by Gasteiger charge is 2.29. The Morgan fingerprint density at radius 1 is 1.02 bits per heavy atom. The number of nitrogens with two attached hydrogens (primary N) is 1. The number of ether oxygens (including phenoxy) is 3. The second-order valence-electron chi connectivity index (χ2n) is 10.1. The van der Waals surface area contributed by atoms with E-state index < -0.39 is 6.04 Å². The minimum Gasteiger partial charge on any atom is -0.491 e. The van der Waals surface area contributed by atoms with Gasteiger partial charge < -0.3 is 34.2 Å². The second kappa shape index (κ2) is 12.7. The molecule has 1 amide bonds. The quantitative estimate of drug-likeness (QED) is 0.214. The summed E-state index contributed by atoms with van der Waals surface area (Å²) in [6.07, 6.45) is 3.93. The first kappa shape index (κ1) is 28.4. The van der Waals surface area contributed by atoms with Crippen LogP contribution in [0.15, 0.2) is 53.3 Å². The molecular weight excluding hydrogens is 554 g/mol. The van der Waals surface area contributed by atoms with Crippen molar-refractivity contribution in [2.75, 3.05) is 70.3 Å². The smallest absolute Gasteiger partial charge is 0.247 e. The van der Waals surface area contributed by atoms with Gasteiger partial charge in [0.15, 0.2) is 17.1 Å². The van der Waals surface area contributed by atoms with Crippen molar-refractivity contribution in [3.63, 3.8) is 0 Å². The molecule has 5 heterocycles. The lowest BCUT2D eigenvalue weighted by Crippen LogP contribution is -2.50. The predicted molar refractivity (Wildman–Crippen MR) is 159 cm³/mol. The van der Waals surface area contributed by atoms with Crippen molar-refractivity contribution < 1.29 is 23.4 Å². The molecule has 0 aliphatic carbocycles. The van der Waals surface area contributed by atoms with Crippen LogP contribution in [0.1, 0.15) is 19.4 Å². The molecule has 1 saturated heterocycles. The summed E-state index contributed by atoms with van der Waals surface area (Å²) in [5.74, 6) is 1.88. The number of fused-ring (bicyclic) bond motifs is 3. The van der Waals surface area contributed by atoms with Gasteiger partial charge >= 0.3 is 0 Å². The van der Waals surface area contributed by atoms with Gasteiger partial charge in [0.25, 0.3) is 0 Å². The summed E-state index contributed by atoms with van der Waals surface area (Å²) in [6.45, 7) is 6.77. The third-order valence-electron chi connectivity index (χ3n) is 7.45. The Hall–Kier alpha value is -4.69. The highest BCUT2D eigenvalue weighted by molar-refractivity contribution is 5.90. The van der Waals surface area contributed by atoms with Crippen molar-refractivity contribution in [3.05, 3.63) is 48.9 Å². The van der Waals surface area contributed by atoms with Crippen LogP contribution in [0.2, 0.25) is 0 Å². The molecule has 0 radical (unpaired) electrons. The third-order valence-corrected chi connectivity index (χ3v) is 7.45. The number of anilines is 2. The van der Waals surface area contributed by atoms with Crippen molar-refractivity contribution >= 4 is 34.2 Å². The average molecular weight is 590 g/mol. The van der Waals surface area contributed by atoms with Crippen molar-refractivity contribution in [2.24, 2.45) is 0 Å². The Labute approximate surface area is 247 Å². The maximum absolute atomic E-state index is 13.7. The maximum Gasteiger partial charge on any atom is 0.247 e. The summed E-state index contributed by atoms with van der Waals surface area (Å²) < 4.78 is 24.7. The second-order valence-corrected chi connectivity index (χ2v) is 10.1. The molecular formula is C29H35N9O5. The summed E-state index contributed by atoms with van der Waals surface area (Å²) in [7, 11) is 1.65. The molecule has 2 N–H and O–H groups in total. The normalized spacial score (nSPS) is 14.6. The molecule has 1 fully saturated rings. The number of carbonyl (C=O) groups is 1. The highest BCUT2D eigenvalue weighted by Crippen LogP contribution is 2.26. The Kier molecular flexibility index (Phi) is 8.38. The standard InChI is InChI=1S/C29H35N9O5/c1-3-23(37-19-22-25(33-37)32-29(30)38-27(22)31-26(34-38)24-5-4-14-43-24)28(39)36-12-10-35(11-13-36)20-6-8-21(9-7-20)42-18-17-41-16-15-40-2/h4-9,14,19,23H,3,10-13,15-18H2,1-2H3,(H2,30,32,33). The molecule has 1 atom stereocenters. The van der Waals surface area contributed by atoms with E-state index in [4.69, 9.17) is 24.4 Å². The first-order valence-electron chi connectivity index (χ1n) is 14.3. The van der Waals surface area contributed by atoms with Gasteiger partial charge in [-0.05, 0) is 42.8 Å². The number of carbonyl (C=O) groups excluding carboxylic acids is 1. The van der Waals surface area contributed by atoms with Crippen LogP contribution in [-0.4, -0.2) is 99.9 Å². The van der Waals surface area contributed by atoms with Crippen LogP contribution in [-0.2, 0) is 14.3 Å². The van der Waals surface area contributed by atoms with Crippen LogP contribution in [0.5, 0.6) is 5.75 Å². The number of methoxy groups -OCH3 is 1. The first-order chi connectivity index (χ1) is 21.1. The molecule has 1 aliphatic rings. The van der Waals surface area contributed by atoms with Crippen LogP contribution in [0.3, 0.4) is 0 Å². The van der Waals surface area contributed by atoms with E-state index in [0.717, 1.165) is 24.5 Å². The molecule has 0 spiro atoms. The minimum absolute atomic E-state index is 0.0214. The zero-order valence-electron chi connectivity index (χ0n) is 24.3. The summed E-state index contributed by atoms with van der Waals surface area (Å²) in [5.41, 5.74) is 8.17. The largest absolute Gasteiger partial charge is 0.491 e. The third kappa shape index (κ3) is 5.96. The Morgan fingerprint density at radius 2 is 1.81 bits per heavy atom. The number of piperazine rings is 1. The summed E-state index contributed by atoms with van der Waals surface area (Å²) >= 11 is 0.